The average molecular weight is 535 g/mol. The van der Waals surface area contributed by atoms with E-state index in [4.69, 9.17) is 31.8 Å². The second kappa shape index (κ2) is 11.7. The Labute approximate surface area is 231 Å². The average Bonchev–Trinajstić information content (AvgIpc) is 3.44. The SMILES string of the molecule is COc1cc(OC)cc(N(CCCOCC(C)(S)C(C)(C)C)c2ccc3ncc(-c4cc[nH]c4)nc3c2)c1. The van der Waals surface area contributed by atoms with Crippen molar-refractivity contribution in [2.24, 2.45) is 5.41 Å². The standard InChI is InChI=1S/C30H38N4O3S/c1-29(2,3)30(4,38)20-37-13-7-12-34(23-14-24(35-5)17-25(15-23)36-6)22-8-9-26-27(16-22)33-28(19-32-26)21-10-11-31-18-21/h8-11,14-19,31,38H,7,12-13,20H2,1-6H3. The monoisotopic (exact) mass is 534 g/mol. The van der Waals surface area contributed by atoms with Crippen molar-refractivity contribution in [3.8, 4) is 22.8 Å². The zero-order chi connectivity index (χ0) is 27.3. The Kier molecular flexibility index (Phi) is 8.53. The number of thiol groups is 1. The number of methoxy groups -OCH3 is 2. The number of hydrogen-bond acceptors (Lipinski definition) is 7. The van der Waals surface area contributed by atoms with E-state index in [1.165, 1.54) is 0 Å². The minimum atomic E-state index is -0.221. The van der Waals surface area contributed by atoms with Crippen molar-refractivity contribution in [1.29, 1.82) is 0 Å². The van der Waals surface area contributed by atoms with Gasteiger partial charge < -0.3 is 24.1 Å². The summed E-state index contributed by atoms with van der Waals surface area (Å²) in [5.41, 5.74) is 5.49. The Balaban J connectivity index is 1.62. The largest absolute Gasteiger partial charge is 0.497 e. The Morgan fingerprint density at radius 3 is 2.29 bits per heavy atom. The van der Waals surface area contributed by atoms with Gasteiger partial charge in [-0.05, 0) is 43.0 Å². The van der Waals surface area contributed by atoms with Gasteiger partial charge in [-0.15, -0.1) is 0 Å². The van der Waals surface area contributed by atoms with Crippen LogP contribution in [-0.2, 0) is 4.74 Å². The first-order valence-electron chi connectivity index (χ1n) is 12.8. The van der Waals surface area contributed by atoms with Gasteiger partial charge in [-0.2, -0.15) is 12.6 Å². The second-order valence-electron chi connectivity index (χ2n) is 10.7. The number of nitrogens with one attached hydrogen (secondary N) is 1. The van der Waals surface area contributed by atoms with Gasteiger partial charge >= 0.3 is 0 Å². The van der Waals surface area contributed by atoms with Gasteiger partial charge in [0.25, 0.3) is 0 Å². The number of ether oxygens (including phenoxy) is 3. The molecule has 0 saturated heterocycles. The quantitative estimate of drug-likeness (QED) is 0.161. The molecule has 0 aliphatic heterocycles. The fourth-order valence-corrected chi connectivity index (χ4v) is 4.05. The molecule has 38 heavy (non-hydrogen) atoms. The summed E-state index contributed by atoms with van der Waals surface area (Å²) in [5.74, 6) is 1.46. The van der Waals surface area contributed by atoms with Crippen LogP contribution in [0.15, 0.2) is 61.1 Å². The van der Waals surface area contributed by atoms with Crippen molar-refractivity contribution in [2.45, 2.75) is 38.9 Å². The minimum Gasteiger partial charge on any atom is -0.497 e. The summed E-state index contributed by atoms with van der Waals surface area (Å²) in [7, 11) is 3.32. The van der Waals surface area contributed by atoms with E-state index in [0.717, 1.165) is 58.1 Å². The molecule has 202 valence electrons. The number of benzene rings is 2. The predicted molar refractivity (Wildman–Crippen MR) is 158 cm³/mol. The molecule has 1 unspecified atom stereocenters. The summed E-state index contributed by atoms with van der Waals surface area (Å²) < 4.78 is 17.0. The molecule has 0 saturated carbocycles. The van der Waals surface area contributed by atoms with Crippen LogP contribution in [0.2, 0.25) is 0 Å². The highest BCUT2D eigenvalue weighted by atomic mass is 32.1. The van der Waals surface area contributed by atoms with E-state index < -0.39 is 0 Å². The molecule has 0 radical (unpaired) electrons. The number of H-pyrrole nitrogens is 1. The van der Waals surface area contributed by atoms with E-state index in [0.29, 0.717) is 13.2 Å². The van der Waals surface area contributed by atoms with Crippen LogP contribution in [0.1, 0.15) is 34.1 Å². The smallest absolute Gasteiger partial charge is 0.124 e. The zero-order valence-electron chi connectivity index (χ0n) is 23.1. The molecule has 0 bridgehead atoms. The van der Waals surface area contributed by atoms with E-state index in [2.05, 4.69) is 54.7 Å². The van der Waals surface area contributed by atoms with Crippen LogP contribution in [0, 0.1) is 5.41 Å². The number of rotatable bonds is 11. The van der Waals surface area contributed by atoms with Crippen molar-refractivity contribution in [3.05, 3.63) is 61.1 Å². The molecule has 0 amide bonds. The number of hydrogen-bond donors (Lipinski definition) is 2. The van der Waals surface area contributed by atoms with Gasteiger partial charge in [-0.1, -0.05) is 20.8 Å². The molecule has 2 heterocycles. The summed E-state index contributed by atoms with van der Waals surface area (Å²) in [6.45, 7) is 10.6. The first-order chi connectivity index (χ1) is 18.1. The Bertz CT molecular complexity index is 1330. The Morgan fingerprint density at radius 2 is 1.66 bits per heavy atom. The van der Waals surface area contributed by atoms with Crippen molar-refractivity contribution >= 4 is 35.0 Å². The molecule has 7 nitrogen and oxygen atoms in total. The third-order valence-corrected chi connectivity index (χ3v) is 7.85. The van der Waals surface area contributed by atoms with Crippen LogP contribution in [0.4, 0.5) is 11.4 Å². The molecule has 8 heteroatoms. The maximum Gasteiger partial charge on any atom is 0.124 e. The topological polar surface area (TPSA) is 72.5 Å². The third-order valence-electron chi connectivity index (χ3n) is 7.05. The molecular weight excluding hydrogens is 496 g/mol. The van der Waals surface area contributed by atoms with Crippen molar-refractivity contribution in [1.82, 2.24) is 15.0 Å². The van der Waals surface area contributed by atoms with Crippen molar-refractivity contribution in [3.63, 3.8) is 0 Å². The van der Waals surface area contributed by atoms with Gasteiger partial charge in [0.2, 0.25) is 0 Å². The van der Waals surface area contributed by atoms with Crippen LogP contribution in [-0.4, -0.2) is 53.7 Å². The predicted octanol–water partition coefficient (Wildman–Crippen LogP) is 6.92. The summed E-state index contributed by atoms with van der Waals surface area (Å²) in [6.07, 6.45) is 6.43. The second-order valence-corrected chi connectivity index (χ2v) is 11.7. The number of nitrogens with zero attached hydrogens (tertiary/aromatic N) is 3. The molecule has 0 fully saturated rings. The summed E-state index contributed by atoms with van der Waals surface area (Å²) in [5, 5.41) is 0. The highest BCUT2D eigenvalue weighted by Crippen LogP contribution is 2.36. The number of aromatic amines is 1. The molecule has 4 aromatic rings. The summed E-state index contributed by atoms with van der Waals surface area (Å²) >= 11 is 4.85. The lowest BCUT2D eigenvalue weighted by molar-refractivity contribution is 0.0816. The van der Waals surface area contributed by atoms with Crippen molar-refractivity contribution in [2.75, 3.05) is 38.9 Å². The fraction of sp³-hybridized carbons (Fsp3) is 0.400. The highest BCUT2D eigenvalue weighted by molar-refractivity contribution is 7.81. The lowest BCUT2D eigenvalue weighted by Gasteiger charge is -2.37. The molecule has 1 N–H and O–H groups in total. The van der Waals surface area contributed by atoms with E-state index >= 15 is 0 Å². The lowest BCUT2D eigenvalue weighted by Crippen LogP contribution is -2.39. The molecule has 2 aromatic heterocycles. The lowest BCUT2D eigenvalue weighted by atomic mass is 9.81. The van der Waals surface area contributed by atoms with E-state index in [9.17, 15) is 0 Å². The minimum absolute atomic E-state index is 0.0324. The molecule has 0 spiro atoms. The fourth-order valence-electron chi connectivity index (χ4n) is 3.96. The maximum absolute atomic E-state index is 6.09. The molecule has 0 aliphatic carbocycles. The molecule has 4 rings (SSSR count). The first-order valence-corrected chi connectivity index (χ1v) is 13.3. The van der Waals surface area contributed by atoms with Crippen LogP contribution in [0.25, 0.3) is 22.3 Å². The van der Waals surface area contributed by atoms with Crippen LogP contribution >= 0.6 is 12.6 Å². The van der Waals surface area contributed by atoms with Gasteiger partial charge in [-0.3, -0.25) is 4.98 Å². The molecule has 0 aliphatic rings. The van der Waals surface area contributed by atoms with E-state index in [1.54, 1.807) is 20.4 Å². The molecule has 2 aromatic carbocycles. The molecule has 1 atom stereocenters. The normalized spacial score (nSPS) is 13.3. The van der Waals surface area contributed by atoms with Crippen LogP contribution in [0.3, 0.4) is 0 Å². The summed E-state index contributed by atoms with van der Waals surface area (Å²) in [4.78, 5) is 14.8. The zero-order valence-corrected chi connectivity index (χ0v) is 24.0. The third kappa shape index (κ3) is 6.42. The van der Waals surface area contributed by atoms with Crippen LogP contribution in [0.5, 0.6) is 11.5 Å². The highest BCUT2D eigenvalue weighted by Gasteiger charge is 2.34. The Hall–Kier alpha value is -3.23. The number of fused-ring (bicyclic) bond motifs is 1. The van der Waals surface area contributed by atoms with E-state index in [1.807, 2.05) is 42.7 Å². The van der Waals surface area contributed by atoms with Gasteiger partial charge in [0, 0.05) is 65.4 Å². The van der Waals surface area contributed by atoms with Gasteiger partial charge in [-0.25, -0.2) is 4.98 Å². The Morgan fingerprint density at radius 1 is 0.921 bits per heavy atom. The maximum atomic E-state index is 6.09. The first kappa shape index (κ1) is 27.8. The van der Waals surface area contributed by atoms with Crippen LogP contribution < -0.4 is 14.4 Å². The summed E-state index contributed by atoms with van der Waals surface area (Å²) in [6, 6.07) is 14.1. The molecular formula is C30H38N4O3S. The van der Waals surface area contributed by atoms with Gasteiger partial charge in [0.15, 0.2) is 0 Å². The van der Waals surface area contributed by atoms with Crippen molar-refractivity contribution < 1.29 is 14.2 Å². The van der Waals surface area contributed by atoms with Gasteiger partial charge in [0.1, 0.15) is 11.5 Å². The number of aromatic nitrogens is 3. The van der Waals surface area contributed by atoms with E-state index in [-0.39, 0.29) is 10.2 Å². The van der Waals surface area contributed by atoms with Gasteiger partial charge in [0.05, 0.1) is 43.8 Å². The number of anilines is 2.